The van der Waals surface area contributed by atoms with Crippen LogP contribution in [-0.2, 0) is 16.1 Å². The van der Waals surface area contributed by atoms with E-state index in [-0.39, 0.29) is 6.61 Å². The lowest BCUT2D eigenvalue weighted by Gasteiger charge is -2.09. The van der Waals surface area contributed by atoms with Gasteiger partial charge in [-0.25, -0.2) is 4.79 Å². The van der Waals surface area contributed by atoms with Gasteiger partial charge in [-0.1, -0.05) is 42.5 Å². The topological polar surface area (TPSA) is 26.3 Å². The lowest BCUT2D eigenvalue weighted by atomic mass is 10.1. The summed E-state index contributed by atoms with van der Waals surface area (Å²) in [7, 11) is 0. The van der Waals surface area contributed by atoms with Crippen molar-refractivity contribution in [1.29, 1.82) is 0 Å². The molecule has 0 heterocycles. The second kappa shape index (κ2) is 4.68. The summed E-state index contributed by atoms with van der Waals surface area (Å²) in [4.78, 5) is 10.6. The number of fused-ring (bicyclic) bond motifs is 1. The lowest BCUT2D eigenvalue weighted by molar-refractivity contribution is -0.201. The highest BCUT2D eigenvalue weighted by molar-refractivity contribution is 5.85. The Morgan fingerprint density at radius 1 is 1.06 bits per heavy atom. The van der Waals surface area contributed by atoms with Crippen molar-refractivity contribution < 1.29 is 22.7 Å². The van der Waals surface area contributed by atoms with Gasteiger partial charge in [0.25, 0.3) is 0 Å². The number of carbonyl (C=O) groups is 1. The first-order valence-corrected chi connectivity index (χ1v) is 5.19. The Morgan fingerprint density at radius 3 is 2.44 bits per heavy atom. The van der Waals surface area contributed by atoms with Crippen LogP contribution in [0.2, 0.25) is 0 Å². The molecule has 2 aromatic rings. The van der Waals surface area contributed by atoms with Crippen molar-refractivity contribution in [2.75, 3.05) is 0 Å². The van der Waals surface area contributed by atoms with Gasteiger partial charge in [-0.15, -0.1) is 0 Å². The first kappa shape index (κ1) is 12.4. The third-order valence-electron chi connectivity index (χ3n) is 2.47. The van der Waals surface area contributed by atoms with Crippen LogP contribution in [0.4, 0.5) is 13.2 Å². The summed E-state index contributed by atoms with van der Waals surface area (Å²) in [5.41, 5.74) is 0.547. The van der Waals surface area contributed by atoms with Crippen molar-refractivity contribution in [3.63, 3.8) is 0 Å². The standard InChI is InChI=1S/C13H9F3O2/c14-13(15,16)12(17)18-8-10-6-3-5-9-4-1-2-7-11(9)10/h1-7H,8H2. The second-order valence-electron chi connectivity index (χ2n) is 3.71. The fraction of sp³-hybridized carbons (Fsp3) is 0.154. The Morgan fingerprint density at radius 2 is 1.72 bits per heavy atom. The number of hydrogen-bond acceptors (Lipinski definition) is 2. The molecule has 0 aliphatic heterocycles. The van der Waals surface area contributed by atoms with E-state index in [1.807, 2.05) is 18.2 Å². The molecule has 0 saturated heterocycles. The van der Waals surface area contributed by atoms with E-state index in [2.05, 4.69) is 4.74 Å². The van der Waals surface area contributed by atoms with Gasteiger partial charge in [0.15, 0.2) is 0 Å². The Bertz CT molecular complexity index is 570. The van der Waals surface area contributed by atoms with E-state index in [0.29, 0.717) is 5.56 Å². The van der Waals surface area contributed by atoms with Crippen molar-refractivity contribution in [1.82, 2.24) is 0 Å². The monoisotopic (exact) mass is 254 g/mol. The van der Waals surface area contributed by atoms with Gasteiger partial charge in [0.2, 0.25) is 0 Å². The largest absolute Gasteiger partial charge is 0.490 e. The van der Waals surface area contributed by atoms with Crippen LogP contribution in [0.25, 0.3) is 10.8 Å². The normalized spacial score (nSPS) is 11.5. The molecule has 0 aliphatic carbocycles. The molecule has 18 heavy (non-hydrogen) atoms. The zero-order chi connectivity index (χ0) is 13.2. The summed E-state index contributed by atoms with van der Waals surface area (Å²) in [6, 6.07) is 12.4. The second-order valence-corrected chi connectivity index (χ2v) is 3.71. The molecule has 2 nitrogen and oxygen atoms in total. The zero-order valence-electron chi connectivity index (χ0n) is 9.20. The van der Waals surface area contributed by atoms with Crippen LogP contribution in [0.15, 0.2) is 42.5 Å². The maximum absolute atomic E-state index is 12.0. The molecule has 0 N–H and O–H groups in total. The number of rotatable bonds is 2. The Hall–Kier alpha value is -2.04. The molecule has 0 radical (unpaired) electrons. The van der Waals surface area contributed by atoms with E-state index < -0.39 is 12.1 Å². The summed E-state index contributed by atoms with van der Waals surface area (Å²) in [6.07, 6.45) is -4.95. The molecule has 0 amide bonds. The highest BCUT2D eigenvalue weighted by Gasteiger charge is 2.40. The van der Waals surface area contributed by atoms with Gasteiger partial charge in [0.05, 0.1) is 0 Å². The van der Waals surface area contributed by atoms with E-state index in [1.165, 1.54) is 0 Å². The van der Waals surface area contributed by atoms with Gasteiger partial charge >= 0.3 is 12.1 Å². The third kappa shape index (κ3) is 2.61. The molecule has 94 valence electrons. The fourth-order valence-corrected chi connectivity index (χ4v) is 1.64. The Kier molecular flexibility index (Phi) is 3.23. The van der Waals surface area contributed by atoms with E-state index in [1.54, 1.807) is 24.3 Å². The van der Waals surface area contributed by atoms with Crippen LogP contribution < -0.4 is 0 Å². The molecule has 0 saturated carbocycles. The molecule has 0 unspecified atom stereocenters. The van der Waals surface area contributed by atoms with E-state index in [9.17, 15) is 18.0 Å². The van der Waals surface area contributed by atoms with Gasteiger partial charge in [-0.05, 0) is 16.3 Å². The Labute approximate surface area is 101 Å². The predicted octanol–water partition coefficient (Wildman–Crippen LogP) is 3.45. The SMILES string of the molecule is O=C(OCc1cccc2ccccc12)C(F)(F)F. The molecule has 5 heteroatoms. The van der Waals surface area contributed by atoms with Gasteiger partial charge < -0.3 is 4.74 Å². The zero-order valence-corrected chi connectivity index (χ0v) is 9.20. The fourth-order valence-electron chi connectivity index (χ4n) is 1.64. The van der Waals surface area contributed by atoms with Crippen molar-refractivity contribution >= 4 is 16.7 Å². The lowest BCUT2D eigenvalue weighted by Crippen LogP contribution is -2.25. The maximum atomic E-state index is 12.0. The molecule has 0 bridgehead atoms. The average molecular weight is 254 g/mol. The van der Waals surface area contributed by atoms with Crippen molar-refractivity contribution in [3.05, 3.63) is 48.0 Å². The first-order valence-electron chi connectivity index (χ1n) is 5.19. The summed E-state index contributed by atoms with van der Waals surface area (Å²) < 4.78 is 40.2. The smallest absolute Gasteiger partial charge is 0.454 e. The highest BCUT2D eigenvalue weighted by Crippen LogP contribution is 2.21. The van der Waals surface area contributed by atoms with Gasteiger partial charge in [-0.3, -0.25) is 0 Å². The number of ether oxygens (including phenoxy) is 1. The van der Waals surface area contributed by atoms with Gasteiger partial charge in [0, 0.05) is 0 Å². The van der Waals surface area contributed by atoms with Crippen LogP contribution in [0, 0.1) is 0 Å². The van der Waals surface area contributed by atoms with E-state index in [0.717, 1.165) is 10.8 Å². The van der Waals surface area contributed by atoms with Crippen molar-refractivity contribution in [3.8, 4) is 0 Å². The van der Waals surface area contributed by atoms with Gasteiger partial charge in [-0.2, -0.15) is 13.2 Å². The molecule has 2 rings (SSSR count). The van der Waals surface area contributed by atoms with Crippen LogP contribution >= 0.6 is 0 Å². The number of benzene rings is 2. The van der Waals surface area contributed by atoms with E-state index >= 15 is 0 Å². The summed E-state index contributed by atoms with van der Waals surface area (Å²) in [5, 5.41) is 1.66. The Balaban J connectivity index is 2.20. The molecule has 0 spiro atoms. The minimum atomic E-state index is -4.95. The molecule has 2 aromatic carbocycles. The summed E-state index contributed by atoms with van der Waals surface area (Å²) in [6.45, 7) is -0.389. The van der Waals surface area contributed by atoms with Crippen LogP contribution in [-0.4, -0.2) is 12.1 Å². The maximum Gasteiger partial charge on any atom is 0.490 e. The third-order valence-corrected chi connectivity index (χ3v) is 2.47. The summed E-state index contributed by atoms with van der Waals surface area (Å²) in [5.74, 6) is -2.17. The number of halogens is 3. The van der Waals surface area contributed by atoms with Crippen LogP contribution in [0.1, 0.15) is 5.56 Å². The van der Waals surface area contributed by atoms with Crippen molar-refractivity contribution in [2.45, 2.75) is 12.8 Å². The number of hydrogen-bond donors (Lipinski definition) is 0. The molecule has 0 aliphatic rings. The minimum Gasteiger partial charge on any atom is -0.454 e. The number of alkyl halides is 3. The van der Waals surface area contributed by atoms with Crippen LogP contribution in [0.3, 0.4) is 0 Å². The number of esters is 1. The predicted molar refractivity (Wildman–Crippen MR) is 59.8 cm³/mol. The average Bonchev–Trinajstić information content (AvgIpc) is 2.34. The first-order chi connectivity index (χ1) is 8.48. The molecule has 0 fully saturated rings. The number of carbonyl (C=O) groups excluding carboxylic acids is 1. The summed E-state index contributed by atoms with van der Waals surface area (Å²) >= 11 is 0. The quantitative estimate of drug-likeness (QED) is 0.767. The van der Waals surface area contributed by atoms with E-state index in [4.69, 9.17) is 0 Å². The molecular formula is C13H9F3O2. The van der Waals surface area contributed by atoms with Gasteiger partial charge in [0.1, 0.15) is 6.61 Å². The molecule has 0 aromatic heterocycles. The van der Waals surface area contributed by atoms with Crippen molar-refractivity contribution in [2.24, 2.45) is 0 Å². The molecular weight excluding hydrogens is 245 g/mol. The highest BCUT2D eigenvalue weighted by atomic mass is 19.4. The minimum absolute atomic E-state index is 0.389. The molecule has 0 atom stereocenters. The van der Waals surface area contributed by atoms with Crippen LogP contribution in [0.5, 0.6) is 0 Å².